The van der Waals surface area contributed by atoms with E-state index >= 15 is 0 Å². The summed E-state index contributed by atoms with van der Waals surface area (Å²) in [7, 11) is 1.78. The minimum atomic E-state index is -0.200. The molecule has 1 aromatic heterocycles. The monoisotopic (exact) mass is 454 g/mol. The zero-order valence-corrected chi connectivity index (χ0v) is 19.9. The van der Waals surface area contributed by atoms with Gasteiger partial charge in [0.05, 0.1) is 30.8 Å². The van der Waals surface area contributed by atoms with Crippen LogP contribution < -0.4 is 16.0 Å². The Labute approximate surface area is 195 Å². The maximum atomic E-state index is 12.8. The van der Waals surface area contributed by atoms with Crippen molar-refractivity contribution in [2.24, 2.45) is 0 Å². The second-order valence-electron chi connectivity index (χ2n) is 7.85. The number of hydrogen-bond acceptors (Lipinski definition) is 3. The molecule has 6 nitrogen and oxygen atoms in total. The molecule has 0 spiro atoms. The first-order valence-corrected chi connectivity index (χ1v) is 11.6. The molecule has 0 aliphatic rings. The second-order valence-corrected chi connectivity index (χ2v) is 8.28. The molecule has 3 rings (SSSR count). The van der Waals surface area contributed by atoms with Crippen LogP contribution in [0.2, 0.25) is 5.02 Å². The van der Waals surface area contributed by atoms with E-state index in [9.17, 15) is 4.79 Å². The number of nitrogens with one attached hydrogen (secondary N) is 2. The molecule has 2 amide bonds. The highest BCUT2D eigenvalue weighted by Gasteiger charge is 2.17. The maximum Gasteiger partial charge on any atom is 0.321 e. The number of carbonyl (C=O) groups is 1. The summed E-state index contributed by atoms with van der Waals surface area (Å²) in [6, 6.07) is 15.1. The SMILES string of the molecule is CC[NH2+]CCCNc1c(CC)c(CN(C)C(=O)Nc2cccc(Cl)c2)nc2ccccc12. The zero-order chi connectivity index (χ0) is 22.9. The van der Waals surface area contributed by atoms with Crippen molar-refractivity contribution in [3.05, 3.63) is 64.8 Å². The van der Waals surface area contributed by atoms with Crippen LogP contribution in [0.3, 0.4) is 0 Å². The molecule has 32 heavy (non-hydrogen) atoms. The molecule has 0 atom stereocenters. The van der Waals surface area contributed by atoms with Gasteiger partial charge in [-0.3, -0.25) is 4.98 Å². The Kier molecular flexibility index (Phi) is 8.71. The number of nitrogens with two attached hydrogens (primary N) is 1. The van der Waals surface area contributed by atoms with Gasteiger partial charge in [0.25, 0.3) is 0 Å². The van der Waals surface area contributed by atoms with Gasteiger partial charge in [0, 0.05) is 41.8 Å². The van der Waals surface area contributed by atoms with Gasteiger partial charge < -0.3 is 20.9 Å². The Morgan fingerprint density at radius 1 is 1.16 bits per heavy atom. The van der Waals surface area contributed by atoms with Crippen LogP contribution in [0.25, 0.3) is 10.9 Å². The molecule has 0 bridgehead atoms. The van der Waals surface area contributed by atoms with Crippen molar-refractivity contribution in [3.8, 4) is 0 Å². The van der Waals surface area contributed by atoms with Crippen LogP contribution in [0.5, 0.6) is 0 Å². The van der Waals surface area contributed by atoms with Crippen LogP contribution in [0.4, 0.5) is 16.2 Å². The molecule has 0 saturated heterocycles. The van der Waals surface area contributed by atoms with Gasteiger partial charge in [0.1, 0.15) is 0 Å². The number of quaternary nitrogens is 1. The summed E-state index contributed by atoms with van der Waals surface area (Å²) in [6.45, 7) is 7.84. The predicted octanol–water partition coefficient (Wildman–Crippen LogP) is 4.50. The smallest absolute Gasteiger partial charge is 0.321 e. The number of pyridine rings is 1. The topological polar surface area (TPSA) is 73.9 Å². The summed E-state index contributed by atoms with van der Waals surface area (Å²) in [5, 5.41) is 10.6. The summed E-state index contributed by atoms with van der Waals surface area (Å²) in [4.78, 5) is 19.3. The highest BCUT2D eigenvalue weighted by atomic mass is 35.5. The third-order valence-electron chi connectivity index (χ3n) is 5.42. The van der Waals surface area contributed by atoms with Crippen LogP contribution in [0, 0.1) is 0 Å². The number of anilines is 2. The van der Waals surface area contributed by atoms with Gasteiger partial charge in [-0.15, -0.1) is 0 Å². The average molecular weight is 455 g/mol. The molecule has 3 aromatic rings. The number of fused-ring (bicyclic) bond motifs is 1. The van der Waals surface area contributed by atoms with Crippen LogP contribution in [0.15, 0.2) is 48.5 Å². The molecule has 0 unspecified atom stereocenters. The maximum absolute atomic E-state index is 12.8. The lowest BCUT2D eigenvalue weighted by Gasteiger charge is -2.22. The fraction of sp³-hybridized carbons (Fsp3) is 0.360. The van der Waals surface area contributed by atoms with Gasteiger partial charge in [-0.1, -0.05) is 42.8 Å². The van der Waals surface area contributed by atoms with Gasteiger partial charge in [-0.05, 0) is 43.2 Å². The first kappa shape index (κ1) is 23.8. The fourth-order valence-electron chi connectivity index (χ4n) is 3.76. The standard InChI is InChI=1S/C25H32ClN5O/c1-4-20-23(17-31(3)25(32)29-19-11-8-10-18(26)16-19)30-22-13-7-6-12-21(22)24(20)28-15-9-14-27-5-2/h6-8,10-13,16,27H,4-5,9,14-15,17H2,1-3H3,(H,28,30)(H,29,32)/p+1. The summed E-state index contributed by atoms with van der Waals surface area (Å²) < 4.78 is 0. The van der Waals surface area contributed by atoms with E-state index in [1.807, 2.05) is 30.3 Å². The van der Waals surface area contributed by atoms with Crippen LogP contribution >= 0.6 is 11.6 Å². The van der Waals surface area contributed by atoms with Crippen molar-refractivity contribution >= 4 is 39.9 Å². The molecule has 0 aliphatic heterocycles. The molecule has 1 heterocycles. The first-order valence-electron chi connectivity index (χ1n) is 11.3. The number of nitrogens with zero attached hydrogens (tertiary/aromatic N) is 2. The zero-order valence-electron chi connectivity index (χ0n) is 19.1. The quantitative estimate of drug-likeness (QED) is 0.395. The van der Waals surface area contributed by atoms with Crippen LogP contribution in [-0.2, 0) is 13.0 Å². The van der Waals surface area contributed by atoms with Crippen LogP contribution in [-0.4, -0.2) is 42.6 Å². The summed E-state index contributed by atoms with van der Waals surface area (Å²) in [5.41, 5.74) is 4.81. The van der Waals surface area contributed by atoms with E-state index in [2.05, 4.69) is 35.9 Å². The Morgan fingerprint density at radius 2 is 1.97 bits per heavy atom. The Balaban J connectivity index is 1.82. The van der Waals surface area contributed by atoms with Crippen molar-refractivity contribution in [1.29, 1.82) is 0 Å². The number of para-hydroxylation sites is 1. The van der Waals surface area contributed by atoms with Crippen LogP contribution in [0.1, 0.15) is 31.5 Å². The summed E-state index contributed by atoms with van der Waals surface area (Å²) in [5.74, 6) is 0. The predicted molar refractivity (Wildman–Crippen MR) is 133 cm³/mol. The first-order chi connectivity index (χ1) is 15.5. The lowest BCUT2D eigenvalue weighted by atomic mass is 10.0. The Hall–Kier alpha value is -2.83. The van der Waals surface area contributed by atoms with Crippen molar-refractivity contribution in [2.45, 2.75) is 33.2 Å². The molecular formula is C25H33ClN5O+. The minimum absolute atomic E-state index is 0.200. The molecule has 4 N–H and O–H groups in total. The lowest BCUT2D eigenvalue weighted by molar-refractivity contribution is -0.651. The summed E-state index contributed by atoms with van der Waals surface area (Å²) in [6.07, 6.45) is 1.92. The van der Waals surface area contributed by atoms with Gasteiger partial charge in [0.2, 0.25) is 0 Å². The van der Waals surface area contributed by atoms with Gasteiger partial charge in [-0.25, -0.2) is 4.79 Å². The van der Waals surface area contributed by atoms with Crippen molar-refractivity contribution in [3.63, 3.8) is 0 Å². The molecule has 0 aliphatic carbocycles. The number of hydrogen-bond donors (Lipinski definition) is 3. The lowest BCUT2D eigenvalue weighted by Crippen LogP contribution is -2.83. The number of benzene rings is 2. The highest BCUT2D eigenvalue weighted by Crippen LogP contribution is 2.30. The van der Waals surface area contributed by atoms with Crippen molar-refractivity contribution in [2.75, 3.05) is 37.3 Å². The number of aromatic nitrogens is 1. The molecular weight excluding hydrogens is 422 g/mol. The highest BCUT2D eigenvalue weighted by molar-refractivity contribution is 6.30. The van der Waals surface area contributed by atoms with E-state index in [1.54, 1.807) is 24.1 Å². The number of halogens is 1. The number of urea groups is 1. The Morgan fingerprint density at radius 3 is 2.72 bits per heavy atom. The third kappa shape index (κ3) is 6.11. The molecule has 0 saturated carbocycles. The number of amides is 2. The number of rotatable bonds is 10. The van der Waals surface area contributed by atoms with Gasteiger partial charge >= 0.3 is 6.03 Å². The summed E-state index contributed by atoms with van der Waals surface area (Å²) >= 11 is 6.04. The normalized spacial score (nSPS) is 10.9. The van der Waals surface area contributed by atoms with Gasteiger partial charge in [0.15, 0.2) is 0 Å². The van der Waals surface area contributed by atoms with E-state index < -0.39 is 0 Å². The molecule has 0 radical (unpaired) electrons. The molecule has 2 aromatic carbocycles. The van der Waals surface area contributed by atoms with E-state index in [0.717, 1.165) is 60.3 Å². The van der Waals surface area contributed by atoms with E-state index in [1.165, 1.54) is 0 Å². The Bertz CT molecular complexity index is 1060. The minimum Gasteiger partial charge on any atom is -0.384 e. The molecule has 7 heteroatoms. The second kappa shape index (κ2) is 11.7. The largest absolute Gasteiger partial charge is 0.384 e. The third-order valence-corrected chi connectivity index (χ3v) is 5.65. The van der Waals surface area contributed by atoms with E-state index in [4.69, 9.17) is 16.6 Å². The fourth-order valence-corrected chi connectivity index (χ4v) is 3.95. The molecule has 170 valence electrons. The van der Waals surface area contributed by atoms with Crippen molar-refractivity contribution < 1.29 is 10.1 Å². The van der Waals surface area contributed by atoms with Crippen molar-refractivity contribution in [1.82, 2.24) is 9.88 Å². The molecule has 0 fully saturated rings. The van der Waals surface area contributed by atoms with Gasteiger partial charge in [-0.2, -0.15) is 0 Å². The number of carbonyl (C=O) groups excluding carboxylic acids is 1. The van der Waals surface area contributed by atoms with E-state index in [-0.39, 0.29) is 6.03 Å². The van der Waals surface area contributed by atoms with E-state index in [0.29, 0.717) is 17.3 Å². The average Bonchev–Trinajstić information content (AvgIpc) is 2.78.